The van der Waals surface area contributed by atoms with Gasteiger partial charge in [-0.15, -0.1) is 0 Å². The van der Waals surface area contributed by atoms with Gasteiger partial charge in [0.2, 0.25) is 15.9 Å². The number of nitrogens with one attached hydrogen (secondary N) is 2. The Labute approximate surface area is 219 Å². The van der Waals surface area contributed by atoms with Gasteiger partial charge in [0.15, 0.2) is 5.13 Å². The predicted molar refractivity (Wildman–Crippen MR) is 143 cm³/mol. The van der Waals surface area contributed by atoms with E-state index in [2.05, 4.69) is 20.6 Å². The Morgan fingerprint density at radius 1 is 1.19 bits per heavy atom. The molecule has 2 aromatic heterocycles. The number of aromatic nitrogens is 2. The first-order chi connectivity index (χ1) is 17.7. The van der Waals surface area contributed by atoms with Gasteiger partial charge in [-0.05, 0) is 43.2 Å². The number of thiazole rings is 1. The Morgan fingerprint density at radius 2 is 1.97 bits per heavy atom. The van der Waals surface area contributed by atoms with Gasteiger partial charge in [0.25, 0.3) is 0 Å². The predicted octanol–water partition coefficient (Wildman–Crippen LogP) is 3.94. The molecule has 0 unspecified atom stereocenters. The van der Waals surface area contributed by atoms with E-state index < -0.39 is 16.1 Å². The number of carbonyl (C=O) groups is 2. The fourth-order valence-electron chi connectivity index (χ4n) is 3.70. The third-order valence-electron chi connectivity index (χ3n) is 5.65. The molecule has 1 aromatic carbocycles. The number of hydrogen-bond donors (Lipinski definition) is 2. The molecule has 194 valence electrons. The maximum atomic E-state index is 13.2. The highest BCUT2D eigenvalue weighted by atomic mass is 32.2. The fourth-order valence-corrected chi connectivity index (χ4v) is 6.17. The summed E-state index contributed by atoms with van der Waals surface area (Å²) >= 11 is 1.33. The monoisotopic (exact) mass is 541 g/mol. The molecule has 0 radical (unpaired) electrons. The van der Waals surface area contributed by atoms with E-state index in [0.29, 0.717) is 10.7 Å². The quantitative estimate of drug-likeness (QED) is 0.413. The molecule has 12 heteroatoms. The van der Waals surface area contributed by atoms with Crippen LogP contribution in [0.3, 0.4) is 0 Å². The van der Waals surface area contributed by atoms with Gasteiger partial charge in [-0.25, -0.2) is 18.2 Å². The molecule has 0 atom stereocenters. The van der Waals surface area contributed by atoms with Crippen molar-refractivity contribution in [2.24, 2.45) is 0 Å². The molecule has 3 heterocycles. The Hall–Kier alpha value is -3.61. The van der Waals surface area contributed by atoms with E-state index in [1.54, 1.807) is 12.3 Å². The third kappa shape index (κ3) is 6.21. The summed E-state index contributed by atoms with van der Waals surface area (Å²) in [6, 6.07) is 6.78. The first-order valence-corrected chi connectivity index (χ1v) is 13.8. The lowest BCUT2D eigenvalue weighted by atomic mass is 10.1. The zero-order valence-corrected chi connectivity index (χ0v) is 22.2. The van der Waals surface area contributed by atoms with Gasteiger partial charge in [-0.1, -0.05) is 35.6 Å². The van der Waals surface area contributed by atoms with E-state index >= 15 is 0 Å². The molecule has 10 nitrogen and oxygen atoms in total. The summed E-state index contributed by atoms with van der Waals surface area (Å²) in [5, 5.41) is 5.87. The van der Waals surface area contributed by atoms with Crippen LogP contribution >= 0.6 is 11.3 Å². The van der Waals surface area contributed by atoms with Crippen LogP contribution in [0.25, 0.3) is 21.3 Å². The minimum absolute atomic E-state index is 0.0680. The molecule has 1 aliphatic heterocycles. The van der Waals surface area contributed by atoms with Crippen molar-refractivity contribution in [3.05, 3.63) is 60.5 Å². The summed E-state index contributed by atoms with van der Waals surface area (Å²) in [4.78, 5) is 32.0. The number of pyridine rings is 1. The number of anilines is 1. The Kier molecular flexibility index (Phi) is 8.00. The lowest BCUT2D eigenvalue weighted by Crippen LogP contribution is -2.60. The first-order valence-electron chi connectivity index (χ1n) is 11.5. The van der Waals surface area contributed by atoms with E-state index in [4.69, 9.17) is 4.74 Å². The molecule has 1 saturated heterocycles. The summed E-state index contributed by atoms with van der Waals surface area (Å²) in [6.45, 7) is 5.59. The molecule has 37 heavy (non-hydrogen) atoms. The van der Waals surface area contributed by atoms with Crippen molar-refractivity contribution in [2.75, 3.05) is 25.0 Å². The largest absolute Gasteiger partial charge is 0.445 e. The SMILES string of the molecule is CC=CC(=CC)COC(=O)NC1CN(S(=O)(=O)c2cncc(-c3ccc4nc(NC(C)=O)sc4c3)c2)C1. The standard InChI is InChI=1S/C25H27N5O5S2/c1-4-6-17(5-2)15-35-25(32)28-20-13-30(14-20)37(33,34)21-9-19(11-26-12-21)18-7-8-22-23(10-18)36-24(29-22)27-16(3)31/h4-12,20H,13-15H2,1-3H3,(H,28,32)(H,27,29,31). The Morgan fingerprint density at radius 3 is 2.68 bits per heavy atom. The van der Waals surface area contributed by atoms with Gasteiger partial charge < -0.3 is 15.4 Å². The number of carbonyl (C=O) groups excluding carboxylic acids is 2. The van der Waals surface area contributed by atoms with Gasteiger partial charge in [0.05, 0.1) is 16.3 Å². The van der Waals surface area contributed by atoms with Crippen LogP contribution in [-0.4, -0.2) is 60.4 Å². The number of benzene rings is 1. The maximum Gasteiger partial charge on any atom is 0.407 e. The molecule has 1 aliphatic rings. The van der Waals surface area contributed by atoms with E-state index in [1.165, 1.54) is 28.8 Å². The molecule has 0 bridgehead atoms. The highest BCUT2D eigenvalue weighted by molar-refractivity contribution is 7.89. The lowest BCUT2D eigenvalue weighted by Gasteiger charge is -2.37. The number of allylic oxidation sites excluding steroid dienone is 2. The van der Waals surface area contributed by atoms with Crippen LogP contribution in [-0.2, 0) is 19.6 Å². The van der Waals surface area contributed by atoms with Gasteiger partial charge in [0.1, 0.15) is 11.5 Å². The average molecular weight is 542 g/mol. The van der Waals surface area contributed by atoms with E-state index in [0.717, 1.165) is 21.4 Å². The topological polar surface area (TPSA) is 131 Å². The number of fused-ring (bicyclic) bond motifs is 1. The molecule has 0 spiro atoms. The highest BCUT2D eigenvalue weighted by Crippen LogP contribution is 2.31. The maximum absolute atomic E-state index is 13.2. The van der Waals surface area contributed by atoms with Gasteiger partial charge in [-0.2, -0.15) is 4.31 Å². The molecular weight excluding hydrogens is 514 g/mol. The molecule has 2 amide bonds. The molecule has 0 aliphatic carbocycles. The third-order valence-corrected chi connectivity index (χ3v) is 8.38. The van der Waals surface area contributed by atoms with Crippen LogP contribution in [0, 0.1) is 0 Å². The van der Waals surface area contributed by atoms with Crippen molar-refractivity contribution in [2.45, 2.75) is 31.7 Å². The van der Waals surface area contributed by atoms with Gasteiger partial charge in [0, 0.05) is 38.0 Å². The summed E-state index contributed by atoms with van der Waals surface area (Å²) in [5.41, 5.74) is 3.01. The zero-order valence-electron chi connectivity index (χ0n) is 20.6. The number of nitrogens with zero attached hydrogens (tertiary/aromatic N) is 3. The molecule has 2 N–H and O–H groups in total. The van der Waals surface area contributed by atoms with Crippen LogP contribution in [0.5, 0.6) is 0 Å². The summed E-state index contributed by atoms with van der Waals surface area (Å²) in [5.74, 6) is -0.200. The van der Waals surface area contributed by atoms with Crippen molar-refractivity contribution in [1.29, 1.82) is 0 Å². The van der Waals surface area contributed by atoms with Gasteiger partial charge >= 0.3 is 6.09 Å². The Balaban J connectivity index is 1.40. The molecule has 0 saturated carbocycles. The minimum Gasteiger partial charge on any atom is -0.445 e. The van der Waals surface area contributed by atoms with Crippen LogP contribution in [0.4, 0.5) is 9.93 Å². The molecular formula is C25H27N5O5S2. The molecule has 4 rings (SSSR count). The number of ether oxygens (including phenoxy) is 1. The van der Waals surface area contributed by atoms with Crippen molar-refractivity contribution in [3.63, 3.8) is 0 Å². The summed E-state index contributed by atoms with van der Waals surface area (Å²) < 4.78 is 33.7. The van der Waals surface area contributed by atoms with Crippen molar-refractivity contribution in [1.82, 2.24) is 19.6 Å². The van der Waals surface area contributed by atoms with Crippen molar-refractivity contribution < 1.29 is 22.7 Å². The summed E-state index contributed by atoms with van der Waals surface area (Å²) in [6.07, 6.45) is 7.88. The number of sulfonamides is 1. The smallest absolute Gasteiger partial charge is 0.407 e. The second-order valence-corrected chi connectivity index (χ2v) is 11.4. The highest BCUT2D eigenvalue weighted by Gasteiger charge is 2.38. The van der Waals surface area contributed by atoms with E-state index in [1.807, 2.05) is 50.3 Å². The summed E-state index contributed by atoms with van der Waals surface area (Å²) in [7, 11) is -3.79. The van der Waals surface area contributed by atoms with Crippen molar-refractivity contribution in [3.8, 4) is 11.1 Å². The Bertz CT molecular complexity index is 1490. The van der Waals surface area contributed by atoms with Crippen molar-refractivity contribution >= 4 is 48.7 Å². The number of alkyl carbamates (subject to hydrolysis) is 1. The van der Waals surface area contributed by atoms with Gasteiger partial charge in [-0.3, -0.25) is 9.78 Å². The van der Waals surface area contributed by atoms with Crippen LogP contribution in [0.2, 0.25) is 0 Å². The number of amides is 2. The lowest BCUT2D eigenvalue weighted by molar-refractivity contribution is -0.114. The van der Waals surface area contributed by atoms with Crippen LogP contribution in [0.15, 0.2) is 65.4 Å². The molecule has 1 fully saturated rings. The first kappa shape index (κ1) is 26.5. The second kappa shape index (κ2) is 11.2. The van der Waals surface area contributed by atoms with E-state index in [9.17, 15) is 18.0 Å². The fraction of sp³-hybridized carbons (Fsp3) is 0.280. The molecule has 3 aromatic rings. The van der Waals surface area contributed by atoms with E-state index in [-0.39, 0.29) is 36.5 Å². The van der Waals surface area contributed by atoms with Crippen LogP contribution < -0.4 is 10.6 Å². The average Bonchev–Trinajstić information content (AvgIpc) is 3.24. The number of hydrogen-bond acceptors (Lipinski definition) is 8. The van der Waals surface area contributed by atoms with Crippen LogP contribution in [0.1, 0.15) is 20.8 Å². The normalized spacial score (nSPS) is 15.1. The second-order valence-electron chi connectivity index (χ2n) is 8.40. The number of rotatable bonds is 8. The zero-order chi connectivity index (χ0) is 26.6. The minimum atomic E-state index is -3.79.